The summed E-state index contributed by atoms with van der Waals surface area (Å²) in [6, 6.07) is 0. The van der Waals surface area contributed by atoms with Crippen LogP contribution in [0.1, 0.15) is 72.1 Å². The average molecular weight is 233 g/mol. The van der Waals surface area contributed by atoms with Gasteiger partial charge in [-0.1, -0.05) is 65.7 Å². The summed E-state index contributed by atoms with van der Waals surface area (Å²) in [5.41, 5.74) is -0.328. The maximum absolute atomic E-state index is 11.0. The smallest absolute Gasteiger partial charge is 0.227 e. The van der Waals surface area contributed by atoms with Gasteiger partial charge in [0.05, 0.1) is 0 Å². The summed E-state index contributed by atoms with van der Waals surface area (Å²) >= 11 is 5.51. The van der Waals surface area contributed by atoms with Crippen LogP contribution in [0, 0.1) is 5.41 Å². The van der Waals surface area contributed by atoms with Gasteiger partial charge in [0.15, 0.2) is 0 Å². The van der Waals surface area contributed by atoms with Gasteiger partial charge in [-0.25, -0.2) is 0 Å². The molecule has 90 valence electrons. The third-order valence-electron chi connectivity index (χ3n) is 2.94. The lowest BCUT2D eigenvalue weighted by molar-refractivity contribution is -0.119. The average Bonchev–Trinajstić information content (AvgIpc) is 2.16. The Balaban J connectivity index is 3.35. The van der Waals surface area contributed by atoms with Crippen molar-refractivity contribution in [1.29, 1.82) is 0 Å². The lowest BCUT2D eigenvalue weighted by atomic mass is 9.88. The summed E-state index contributed by atoms with van der Waals surface area (Å²) in [7, 11) is 0. The number of hydrogen-bond donors (Lipinski definition) is 0. The van der Waals surface area contributed by atoms with Gasteiger partial charge in [-0.2, -0.15) is 0 Å². The Morgan fingerprint density at radius 3 is 1.93 bits per heavy atom. The Kier molecular flexibility index (Phi) is 8.13. The second kappa shape index (κ2) is 8.15. The molecule has 0 fully saturated rings. The summed E-state index contributed by atoms with van der Waals surface area (Å²) in [6.45, 7) is 6.09. The van der Waals surface area contributed by atoms with Crippen LogP contribution in [0.25, 0.3) is 0 Å². The van der Waals surface area contributed by atoms with Crippen LogP contribution in [0.15, 0.2) is 0 Å². The van der Waals surface area contributed by atoms with E-state index in [1.165, 1.54) is 38.5 Å². The minimum Gasteiger partial charge on any atom is -0.281 e. The highest BCUT2D eigenvalue weighted by Gasteiger charge is 2.24. The summed E-state index contributed by atoms with van der Waals surface area (Å²) < 4.78 is 0. The molecule has 0 aromatic rings. The molecule has 0 rings (SSSR count). The lowest BCUT2D eigenvalue weighted by Gasteiger charge is -2.18. The molecule has 0 bridgehead atoms. The third-order valence-corrected chi connectivity index (χ3v) is 3.45. The first-order valence-electron chi connectivity index (χ1n) is 6.20. The largest absolute Gasteiger partial charge is 0.281 e. The van der Waals surface area contributed by atoms with Gasteiger partial charge in [0.2, 0.25) is 5.24 Å². The van der Waals surface area contributed by atoms with E-state index in [1.54, 1.807) is 0 Å². The molecule has 15 heavy (non-hydrogen) atoms. The molecule has 0 atom stereocenters. The van der Waals surface area contributed by atoms with Crippen molar-refractivity contribution < 1.29 is 4.79 Å². The van der Waals surface area contributed by atoms with Crippen molar-refractivity contribution in [3.05, 3.63) is 0 Å². The lowest BCUT2D eigenvalue weighted by Crippen LogP contribution is -2.18. The topological polar surface area (TPSA) is 17.1 Å². The van der Waals surface area contributed by atoms with Crippen molar-refractivity contribution in [2.24, 2.45) is 5.41 Å². The van der Waals surface area contributed by atoms with E-state index in [0.29, 0.717) is 0 Å². The summed E-state index contributed by atoms with van der Waals surface area (Å²) in [5.74, 6) is 0. The number of halogens is 1. The van der Waals surface area contributed by atoms with Gasteiger partial charge in [-0.15, -0.1) is 0 Å². The number of carbonyl (C=O) groups is 1. The molecule has 0 aliphatic carbocycles. The monoisotopic (exact) mass is 232 g/mol. The Labute approximate surface area is 99.6 Å². The SMILES string of the molecule is CCCCCCCCCC(C)(C)C(=O)Cl. The van der Waals surface area contributed by atoms with Crippen LogP contribution in [-0.2, 0) is 4.79 Å². The molecule has 0 unspecified atom stereocenters. The molecule has 0 aromatic heterocycles. The zero-order valence-corrected chi connectivity index (χ0v) is 11.2. The Morgan fingerprint density at radius 1 is 1.00 bits per heavy atom. The fourth-order valence-corrected chi connectivity index (χ4v) is 1.72. The van der Waals surface area contributed by atoms with Gasteiger partial charge in [-0.05, 0) is 18.0 Å². The predicted molar refractivity (Wildman–Crippen MR) is 67.3 cm³/mol. The Hall–Kier alpha value is -0.0400. The van der Waals surface area contributed by atoms with E-state index in [4.69, 9.17) is 11.6 Å². The molecule has 0 saturated heterocycles. The van der Waals surface area contributed by atoms with Crippen LogP contribution in [0.5, 0.6) is 0 Å². The fourth-order valence-electron chi connectivity index (χ4n) is 1.62. The molecular weight excluding hydrogens is 208 g/mol. The fraction of sp³-hybridized carbons (Fsp3) is 0.923. The van der Waals surface area contributed by atoms with E-state index < -0.39 is 0 Å². The summed E-state index contributed by atoms with van der Waals surface area (Å²) in [6.07, 6.45) is 9.92. The van der Waals surface area contributed by atoms with Gasteiger partial charge >= 0.3 is 0 Å². The predicted octanol–water partition coefficient (Wildman–Crippen LogP) is 4.92. The maximum atomic E-state index is 11.0. The summed E-state index contributed by atoms with van der Waals surface area (Å²) in [5, 5.41) is -0.200. The number of carbonyl (C=O) groups excluding carboxylic acids is 1. The normalized spacial score (nSPS) is 11.7. The summed E-state index contributed by atoms with van der Waals surface area (Å²) in [4.78, 5) is 11.0. The van der Waals surface area contributed by atoms with E-state index >= 15 is 0 Å². The highest BCUT2D eigenvalue weighted by atomic mass is 35.5. The van der Waals surface area contributed by atoms with Crippen molar-refractivity contribution in [2.45, 2.75) is 72.1 Å². The van der Waals surface area contributed by atoms with E-state index in [9.17, 15) is 4.79 Å². The highest BCUT2D eigenvalue weighted by Crippen LogP contribution is 2.26. The highest BCUT2D eigenvalue weighted by molar-refractivity contribution is 6.64. The molecule has 0 amide bonds. The standard InChI is InChI=1S/C13H25ClO/c1-4-5-6-7-8-9-10-11-13(2,3)12(14)15/h4-11H2,1-3H3. The van der Waals surface area contributed by atoms with Crippen molar-refractivity contribution in [3.8, 4) is 0 Å². The number of hydrogen-bond acceptors (Lipinski definition) is 1. The van der Waals surface area contributed by atoms with Crippen LogP contribution >= 0.6 is 11.6 Å². The molecule has 2 heteroatoms. The van der Waals surface area contributed by atoms with Gasteiger partial charge < -0.3 is 0 Å². The molecule has 0 aliphatic heterocycles. The van der Waals surface area contributed by atoms with Crippen molar-refractivity contribution >= 4 is 16.8 Å². The van der Waals surface area contributed by atoms with Crippen LogP contribution in [0.2, 0.25) is 0 Å². The first kappa shape index (κ1) is 15.0. The van der Waals surface area contributed by atoms with Crippen LogP contribution in [0.4, 0.5) is 0 Å². The molecule has 0 aromatic carbocycles. The second-order valence-electron chi connectivity index (χ2n) is 5.03. The van der Waals surface area contributed by atoms with E-state index in [1.807, 2.05) is 13.8 Å². The van der Waals surface area contributed by atoms with E-state index in [-0.39, 0.29) is 10.7 Å². The number of unbranched alkanes of at least 4 members (excludes halogenated alkanes) is 6. The zero-order valence-electron chi connectivity index (χ0n) is 10.4. The van der Waals surface area contributed by atoms with Gasteiger partial charge in [0, 0.05) is 5.41 Å². The molecule has 0 aliphatic rings. The molecular formula is C13H25ClO. The van der Waals surface area contributed by atoms with Crippen molar-refractivity contribution in [2.75, 3.05) is 0 Å². The minimum absolute atomic E-state index is 0.200. The van der Waals surface area contributed by atoms with Crippen molar-refractivity contribution in [3.63, 3.8) is 0 Å². The Bertz CT molecular complexity index is 175. The first-order chi connectivity index (χ1) is 7.00. The number of rotatable bonds is 9. The molecule has 0 radical (unpaired) electrons. The molecule has 0 spiro atoms. The van der Waals surface area contributed by atoms with Gasteiger partial charge in [0.1, 0.15) is 0 Å². The van der Waals surface area contributed by atoms with Gasteiger partial charge in [-0.3, -0.25) is 4.79 Å². The minimum atomic E-state index is -0.328. The van der Waals surface area contributed by atoms with E-state index in [2.05, 4.69) is 6.92 Å². The first-order valence-corrected chi connectivity index (χ1v) is 6.58. The van der Waals surface area contributed by atoms with Crippen LogP contribution in [0.3, 0.4) is 0 Å². The second-order valence-corrected chi connectivity index (χ2v) is 5.37. The molecule has 0 N–H and O–H groups in total. The van der Waals surface area contributed by atoms with Crippen LogP contribution < -0.4 is 0 Å². The molecule has 0 heterocycles. The third kappa shape index (κ3) is 7.84. The Morgan fingerprint density at radius 2 is 1.47 bits per heavy atom. The van der Waals surface area contributed by atoms with Crippen LogP contribution in [-0.4, -0.2) is 5.24 Å². The molecule has 0 saturated carbocycles. The van der Waals surface area contributed by atoms with Crippen molar-refractivity contribution in [1.82, 2.24) is 0 Å². The van der Waals surface area contributed by atoms with E-state index in [0.717, 1.165) is 12.8 Å². The quantitative estimate of drug-likeness (QED) is 0.407. The van der Waals surface area contributed by atoms with Gasteiger partial charge in [0.25, 0.3) is 0 Å². The zero-order chi connectivity index (χ0) is 11.7. The molecule has 1 nitrogen and oxygen atoms in total. The maximum Gasteiger partial charge on any atom is 0.227 e.